The minimum absolute atomic E-state index is 0.277. The number of nitrogens with one attached hydrogen (secondary N) is 1. The van der Waals surface area contributed by atoms with Gasteiger partial charge in [-0.1, -0.05) is 6.92 Å². The van der Waals surface area contributed by atoms with Crippen molar-refractivity contribution in [1.82, 2.24) is 10.2 Å². The molecule has 0 bridgehead atoms. The maximum Gasteiger partial charge on any atom is 0.151 e. The molecule has 1 aliphatic heterocycles. The summed E-state index contributed by atoms with van der Waals surface area (Å²) in [6.45, 7) is 5.83. The smallest absolute Gasteiger partial charge is 0.151 e. The van der Waals surface area contributed by atoms with E-state index >= 15 is 0 Å². The van der Waals surface area contributed by atoms with Gasteiger partial charge in [0.1, 0.15) is 0 Å². The molecule has 5 heteroatoms. The molecule has 0 radical (unpaired) electrons. The van der Waals surface area contributed by atoms with E-state index in [0.29, 0.717) is 11.8 Å². The summed E-state index contributed by atoms with van der Waals surface area (Å²) < 4.78 is 23.2. The molecule has 106 valence electrons. The molecule has 0 aromatic heterocycles. The molecular weight excluding hydrogens is 248 g/mol. The van der Waals surface area contributed by atoms with Crippen molar-refractivity contribution in [3.8, 4) is 0 Å². The Morgan fingerprint density at radius 2 is 1.83 bits per heavy atom. The summed E-state index contributed by atoms with van der Waals surface area (Å²) >= 11 is 0. The zero-order valence-electron chi connectivity index (χ0n) is 11.4. The van der Waals surface area contributed by atoms with Gasteiger partial charge in [0.2, 0.25) is 0 Å². The first-order valence-electron chi connectivity index (χ1n) is 7.26. The van der Waals surface area contributed by atoms with Crippen LogP contribution in [0.3, 0.4) is 0 Å². The van der Waals surface area contributed by atoms with Crippen LogP contribution in [0.4, 0.5) is 0 Å². The predicted octanol–water partition coefficient (Wildman–Crippen LogP) is 0.885. The van der Waals surface area contributed by atoms with Crippen LogP contribution in [0, 0.1) is 5.92 Å². The van der Waals surface area contributed by atoms with Gasteiger partial charge in [-0.05, 0) is 44.7 Å². The molecule has 1 saturated heterocycles. The van der Waals surface area contributed by atoms with Gasteiger partial charge in [0.05, 0.1) is 5.75 Å². The lowest BCUT2D eigenvalue weighted by atomic mass is 9.97. The first kappa shape index (κ1) is 14.3. The monoisotopic (exact) mass is 274 g/mol. The Labute approximate surface area is 111 Å². The molecule has 1 heterocycles. The normalized spacial score (nSPS) is 22.6. The van der Waals surface area contributed by atoms with E-state index < -0.39 is 9.84 Å². The van der Waals surface area contributed by atoms with Crippen LogP contribution in [0.25, 0.3) is 0 Å². The minimum atomic E-state index is -2.82. The number of hydrogen-bond acceptors (Lipinski definition) is 4. The molecule has 2 aliphatic rings. The highest BCUT2D eigenvalue weighted by molar-refractivity contribution is 7.91. The highest BCUT2D eigenvalue weighted by atomic mass is 32.2. The molecular formula is C13H26N2O2S. The summed E-state index contributed by atoms with van der Waals surface area (Å²) in [6.07, 6.45) is 5.00. The van der Waals surface area contributed by atoms with Crippen LogP contribution in [0.5, 0.6) is 0 Å². The molecule has 18 heavy (non-hydrogen) atoms. The van der Waals surface area contributed by atoms with Crippen molar-refractivity contribution in [2.45, 2.75) is 38.6 Å². The SMILES string of the molecule is CCS(=O)(=O)CCN(CC1CCNCC1)C1CC1. The Morgan fingerprint density at radius 1 is 1.17 bits per heavy atom. The van der Waals surface area contributed by atoms with E-state index in [-0.39, 0.29) is 5.75 Å². The van der Waals surface area contributed by atoms with Crippen LogP contribution in [0.15, 0.2) is 0 Å². The van der Waals surface area contributed by atoms with Crippen LogP contribution in [0.1, 0.15) is 32.6 Å². The molecule has 4 nitrogen and oxygen atoms in total. The van der Waals surface area contributed by atoms with E-state index in [0.717, 1.165) is 32.1 Å². The van der Waals surface area contributed by atoms with Crippen LogP contribution in [0.2, 0.25) is 0 Å². The van der Waals surface area contributed by atoms with Gasteiger partial charge in [-0.2, -0.15) is 0 Å². The molecule has 2 fully saturated rings. The van der Waals surface area contributed by atoms with Crippen molar-refractivity contribution < 1.29 is 8.42 Å². The topological polar surface area (TPSA) is 49.4 Å². The summed E-state index contributed by atoms with van der Waals surface area (Å²) in [5.41, 5.74) is 0. The molecule has 0 aromatic rings. The largest absolute Gasteiger partial charge is 0.317 e. The molecule has 0 atom stereocenters. The quantitative estimate of drug-likeness (QED) is 0.749. The zero-order chi connectivity index (χ0) is 13.0. The Kier molecular flexibility index (Phi) is 5.04. The van der Waals surface area contributed by atoms with Crippen LogP contribution >= 0.6 is 0 Å². The Bertz CT molecular complexity index is 346. The fraction of sp³-hybridized carbons (Fsp3) is 1.00. The van der Waals surface area contributed by atoms with Gasteiger partial charge >= 0.3 is 0 Å². The number of sulfone groups is 1. The molecule has 1 N–H and O–H groups in total. The maximum atomic E-state index is 11.6. The van der Waals surface area contributed by atoms with E-state index in [1.165, 1.54) is 25.7 Å². The molecule has 0 spiro atoms. The standard InChI is InChI=1S/C13H26N2O2S/c1-2-18(16,17)10-9-15(13-3-4-13)11-12-5-7-14-8-6-12/h12-14H,2-11H2,1H3. The van der Waals surface area contributed by atoms with E-state index in [4.69, 9.17) is 0 Å². The lowest BCUT2D eigenvalue weighted by molar-refractivity contribution is 0.206. The lowest BCUT2D eigenvalue weighted by Gasteiger charge is -2.30. The number of piperidine rings is 1. The second-order valence-electron chi connectivity index (χ2n) is 5.66. The highest BCUT2D eigenvalue weighted by Crippen LogP contribution is 2.28. The number of rotatable bonds is 7. The fourth-order valence-corrected chi connectivity index (χ4v) is 3.46. The molecule has 0 unspecified atom stereocenters. The lowest BCUT2D eigenvalue weighted by Crippen LogP contribution is -2.39. The average molecular weight is 274 g/mol. The minimum Gasteiger partial charge on any atom is -0.317 e. The van der Waals surface area contributed by atoms with Gasteiger partial charge in [-0.15, -0.1) is 0 Å². The highest BCUT2D eigenvalue weighted by Gasteiger charge is 2.31. The summed E-state index contributed by atoms with van der Waals surface area (Å²) in [5, 5.41) is 3.38. The van der Waals surface area contributed by atoms with Crippen LogP contribution in [-0.2, 0) is 9.84 Å². The molecule has 2 rings (SSSR count). The van der Waals surface area contributed by atoms with E-state index in [2.05, 4.69) is 10.2 Å². The van der Waals surface area contributed by atoms with Crippen LogP contribution in [-0.4, -0.2) is 57.0 Å². The first-order valence-corrected chi connectivity index (χ1v) is 9.08. The van der Waals surface area contributed by atoms with Crippen molar-refractivity contribution in [2.24, 2.45) is 5.92 Å². The van der Waals surface area contributed by atoms with Crippen molar-refractivity contribution in [1.29, 1.82) is 0 Å². The molecule has 0 aromatic carbocycles. The van der Waals surface area contributed by atoms with Gasteiger partial charge in [0.15, 0.2) is 9.84 Å². The van der Waals surface area contributed by atoms with Crippen molar-refractivity contribution in [3.05, 3.63) is 0 Å². The average Bonchev–Trinajstić information content (AvgIpc) is 3.20. The second kappa shape index (κ2) is 6.35. The summed E-state index contributed by atoms with van der Waals surface area (Å²) in [5.74, 6) is 1.38. The van der Waals surface area contributed by atoms with E-state index in [9.17, 15) is 8.42 Å². The third-order valence-electron chi connectivity index (χ3n) is 4.14. The third kappa shape index (κ3) is 4.52. The van der Waals surface area contributed by atoms with Crippen molar-refractivity contribution >= 4 is 9.84 Å². The van der Waals surface area contributed by atoms with Gasteiger partial charge in [-0.3, -0.25) is 4.90 Å². The van der Waals surface area contributed by atoms with Gasteiger partial charge in [0, 0.05) is 24.9 Å². The zero-order valence-corrected chi connectivity index (χ0v) is 12.2. The summed E-state index contributed by atoms with van der Waals surface area (Å²) in [7, 11) is -2.82. The van der Waals surface area contributed by atoms with Gasteiger partial charge in [0.25, 0.3) is 0 Å². The van der Waals surface area contributed by atoms with Gasteiger partial charge < -0.3 is 5.32 Å². The number of hydrogen-bond donors (Lipinski definition) is 1. The Balaban J connectivity index is 1.80. The van der Waals surface area contributed by atoms with Gasteiger partial charge in [-0.25, -0.2) is 8.42 Å². The summed E-state index contributed by atoms with van der Waals surface area (Å²) in [4.78, 5) is 2.43. The van der Waals surface area contributed by atoms with Crippen LogP contribution < -0.4 is 5.32 Å². The van der Waals surface area contributed by atoms with E-state index in [1.807, 2.05) is 0 Å². The first-order chi connectivity index (χ1) is 8.61. The molecule has 1 saturated carbocycles. The maximum absolute atomic E-state index is 11.6. The number of nitrogens with zero attached hydrogens (tertiary/aromatic N) is 1. The van der Waals surface area contributed by atoms with E-state index in [1.54, 1.807) is 6.92 Å². The molecule has 1 aliphatic carbocycles. The van der Waals surface area contributed by atoms with Crippen molar-refractivity contribution in [2.75, 3.05) is 37.7 Å². The predicted molar refractivity (Wildman–Crippen MR) is 74.5 cm³/mol. The second-order valence-corrected chi connectivity index (χ2v) is 8.13. The molecule has 0 amide bonds. The summed E-state index contributed by atoms with van der Waals surface area (Å²) in [6, 6.07) is 0.673. The Morgan fingerprint density at radius 3 is 2.39 bits per heavy atom. The third-order valence-corrected chi connectivity index (χ3v) is 5.83. The van der Waals surface area contributed by atoms with Crippen molar-refractivity contribution in [3.63, 3.8) is 0 Å². The fourth-order valence-electron chi connectivity index (χ4n) is 2.66. The Hall–Kier alpha value is -0.130.